The zero-order valence-electron chi connectivity index (χ0n) is 10.9. The number of benzene rings is 2. The second kappa shape index (κ2) is 5.62. The van der Waals surface area contributed by atoms with Crippen molar-refractivity contribution in [2.75, 3.05) is 4.90 Å². The molecule has 0 radical (unpaired) electrons. The second-order valence-electron chi connectivity index (χ2n) is 4.83. The Labute approximate surface area is 135 Å². The quantitative estimate of drug-likeness (QED) is 0.751. The van der Waals surface area contributed by atoms with E-state index in [0.717, 1.165) is 5.56 Å². The first kappa shape index (κ1) is 14.3. The van der Waals surface area contributed by atoms with Crippen LogP contribution < -0.4 is 4.90 Å². The summed E-state index contributed by atoms with van der Waals surface area (Å²) in [7, 11) is 0. The van der Waals surface area contributed by atoms with Gasteiger partial charge in [0.1, 0.15) is 0 Å². The maximum Gasteiger partial charge on any atom is 0.241 e. The molecule has 0 spiro atoms. The molecule has 2 aromatic carbocycles. The van der Waals surface area contributed by atoms with E-state index in [-0.39, 0.29) is 18.2 Å². The third-order valence-electron chi connectivity index (χ3n) is 3.50. The van der Waals surface area contributed by atoms with Gasteiger partial charge < -0.3 is 0 Å². The molecule has 1 saturated heterocycles. The van der Waals surface area contributed by atoms with E-state index in [1.807, 2.05) is 30.3 Å². The number of rotatable bonds is 2. The van der Waals surface area contributed by atoms with E-state index < -0.39 is 5.92 Å². The van der Waals surface area contributed by atoms with E-state index in [1.165, 1.54) is 4.90 Å². The molecule has 0 aromatic heterocycles. The van der Waals surface area contributed by atoms with E-state index in [1.54, 1.807) is 18.2 Å². The van der Waals surface area contributed by atoms with Gasteiger partial charge in [-0.05, 0) is 39.7 Å². The predicted molar refractivity (Wildman–Crippen MR) is 85.4 cm³/mol. The summed E-state index contributed by atoms with van der Waals surface area (Å²) in [6, 6.07) is 14.4. The Bertz CT molecular complexity index is 717. The minimum Gasteiger partial charge on any atom is -0.274 e. The summed E-state index contributed by atoms with van der Waals surface area (Å²) < 4.78 is 0.630. The van der Waals surface area contributed by atoms with Crippen molar-refractivity contribution in [3.05, 3.63) is 63.6 Å². The minimum atomic E-state index is -0.415. The molecule has 0 bridgehead atoms. The maximum absolute atomic E-state index is 12.6. The molecule has 2 amide bonds. The summed E-state index contributed by atoms with van der Waals surface area (Å²) in [5.41, 5.74) is 1.40. The van der Waals surface area contributed by atoms with Crippen LogP contribution in [0.3, 0.4) is 0 Å². The molecule has 106 valence electrons. The van der Waals surface area contributed by atoms with Crippen LogP contribution in [0.5, 0.6) is 0 Å². The summed E-state index contributed by atoms with van der Waals surface area (Å²) in [5, 5.41) is 0.546. The number of carbonyl (C=O) groups is 2. The molecule has 0 N–H and O–H groups in total. The highest BCUT2D eigenvalue weighted by atomic mass is 79.9. The van der Waals surface area contributed by atoms with Crippen molar-refractivity contribution in [1.82, 2.24) is 0 Å². The predicted octanol–water partition coefficient (Wildman–Crippen LogP) is 4.15. The molecule has 1 heterocycles. The van der Waals surface area contributed by atoms with Crippen molar-refractivity contribution < 1.29 is 9.59 Å². The SMILES string of the molecule is O=C1CC(c2ccccc2)C(=O)N1c1ccc(Cl)cc1Br. The molecule has 5 heteroatoms. The van der Waals surface area contributed by atoms with Gasteiger partial charge in [0.15, 0.2) is 0 Å². The molecule has 0 aliphatic carbocycles. The van der Waals surface area contributed by atoms with Crippen LogP contribution in [0.1, 0.15) is 17.9 Å². The molecule has 3 nitrogen and oxygen atoms in total. The maximum atomic E-state index is 12.6. The van der Waals surface area contributed by atoms with E-state index in [4.69, 9.17) is 11.6 Å². The molecule has 2 aromatic rings. The van der Waals surface area contributed by atoms with Crippen molar-refractivity contribution in [3.8, 4) is 0 Å². The monoisotopic (exact) mass is 363 g/mol. The fourth-order valence-corrected chi connectivity index (χ4v) is 3.35. The van der Waals surface area contributed by atoms with Gasteiger partial charge in [0.05, 0.1) is 11.6 Å². The van der Waals surface area contributed by atoms with Crippen molar-refractivity contribution in [3.63, 3.8) is 0 Å². The summed E-state index contributed by atoms with van der Waals surface area (Å²) in [4.78, 5) is 26.1. The molecule has 0 saturated carbocycles. The highest BCUT2D eigenvalue weighted by Crippen LogP contribution is 2.37. The lowest BCUT2D eigenvalue weighted by Gasteiger charge is -2.17. The van der Waals surface area contributed by atoms with Crippen LogP contribution in [0.4, 0.5) is 5.69 Å². The number of anilines is 1. The van der Waals surface area contributed by atoms with Gasteiger partial charge in [0, 0.05) is 15.9 Å². The van der Waals surface area contributed by atoms with E-state index in [9.17, 15) is 9.59 Å². The van der Waals surface area contributed by atoms with Gasteiger partial charge in [-0.3, -0.25) is 9.59 Å². The van der Waals surface area contributed by atoms with Gasteiger partial charge >= 0.3 is 0 Å². The standard InChI is InChI=1S/C16H11BrClNO2/c17-13-8-11(18)6-7-14(13)19-15(20)9-12(16(19)21)10-4-2-1-3-5-10/h1-8,12H,9H2. The average molecular weight is 365 g/mol. The van der Waals surface area contributed by atoms with Crippen LogP contribution >= 0.6 is 27.5 Å². The fourth-order valence-electron chi connectivity index (χ4n) is 2.49. The van der Waals surface area contributed by atoms with Crippen molar-refractivity contribution in [2.45, 2.75) is 12.3 Å². The molecule has 1 aliphatic heterocycles. The Morgan fingerprint density at radius 3 is 2.48 bits per heavy atom. The van der Waals surface area contributed by atoms with E-state index in [0.29, 0.717) is 15.2 Å². The zero-order chi connectivity index (χ0) is 15.0. The van der Waals surface area contributed by atoms with Gasteiger partial charge in [-0.15, -0.1) is 0 Å². The van der Waals surface area contributed by atoms with Crippen LogP contribution in [-0.2, 0) is 9.59 Å². The summed E-state index contributed by atoms with van der Waals surface area (Å²) in [5.74, 6) is -0.813. The van der Waals surface area contributed by atoms with Crippen molar-refractivity contribution in [2.24, 2.45) is 0 Å². The lowest BCUT2D eigenvalue weighted by atomic mass is 9.98. The van der Waals surface area contributed by atoms with Crippen molar-refractivity contribution in [1.29, 1.82) is 0 Å². The Hall–Kier alpha value is -1.65. The Kier molecular flexibility index (Phi) is 3.83. The largest absolute Gasteiger partial charge is 0.274 e. The van der Waals surface area contributed by atoms with Gasteiger partial charge in [-0.25, -0.2) is 4.90 Å². The lowest BCUT2D eigenvalue weighted by molar-refractivity contribution is -0.121. The molecular formula is C16H11BrClNO2. The molecule has 21 heavy (non-hydrogen) atoms. The fraction of sp³-hybridized carbons (Fsp3) is 0.125. The molecule has 1 fully saturated rings. The first-order chi connectivity index (χ1) is 10.1. The smallest absolute Gasteiger partial charge is 0.241 e. The first-order valence-corrected chi connectivity index (χ1v) is 7.62. The first-order valence-electron chi connectivity index (χ1n) is 6.44. The van der Waals surface area contributed by atoms with Crippen LogP contribution in [-0.4, -0.2) is 11.8 Å². The van der Waals surface area contributed by atoms with Crippen molar-refractivity contribution >= 4 is 45.0 Å². The van der Waals surface area contributed by atoms with E-state index in [2.05, 4.69) is 15.9 Å². The molecule has 3 rings (SSSR count). The Morgan fingerprint density at radius 1 is 1.10 bits per heavy atom. The number of hydrogen-bond donors (Lipinski definition) is 0. The van der Waals surface area contributed by atoms with Crippen LogP contribution in [0.25, 0.3) is 0 Å². The molecule has 1 aliphatic rings. The lowest BCUT2D eigenvalue weighted by Crippen LogP contribution is -2.30. The minimum absolute atomic E-state index is 0.192. The number of amides is 2. The number of halogens is 2. The van der Waals surface area contributed by atoms with Gasteiger partial charge in [0.25, 0.3) is 0 Å². The highest BCUT2D eigenvalue weighted by Gasteiger charge is 2.40. The van der Waals surface area contributed by atoms with E-state index >= 15 is 0 Å². The topological polar surface area (TPSA) is 37.4 Å². The zero-order valence-corrected chi connectivity index (χ0v) is 13.3. The summed E-state index contributed by atoms with van der Waals surface area (Å²) in [6.45, 7) is 0. The van der Waals surface area contributed by atoms with Gasteiger partial charge in [-0.2, -0.15) is 0 Å². The number of nitrogens with zero attached hydrogens (tertiary/aromatic N) is 1. The molecular weight excluding hydrogens is 354 g/mol. The normalized spacial score (nSPS) is 18.4. The van der Waals surface area contributed by atoms with Crippen LogP contribution in [0, 0.1) is 0 Å². The third-order valence-corrected chi connectivity index (χ3v) is 4.37. The Morgan fingerprint density at radius 2 is 1.81 bits per heavy atom. The number of imide groups is 1. The third kappa shape index (κ3) is 2.61. The average Bonchev–Trinajstić information content (AvgIpc) is 2.76. The number of hydrogen-bond acceptors (Lipinski definition) is 2. The second-order valence-corrected chi connectivity index (χ2v) is 6.12. The van der Waals surface area contributed by atoms with Crippen LogP contribution in [0.15, 0.2) is 53.0 Å². The summed E-state index contributed by atoms with van der Waals surface area (Å²) in [6.07, 6.45) is 0.192. The Balaban J connectivity index is 1.98. The van der Waals surface area contributed by atoms with Crippen LogP contribution in [0.2, 0.25) is 5.02 Å². The highest BCUT2D eigenvalue weighted by molar-refractivity contribution is 9.10. The summed E-state index contributed by atoms with van der Waals surface area (Å²) >= 11 is 9.26. The van der Waals surface area contributed by atoms with Gasteiger partial charge in [0.2, 0.25) is 11.8 Å². The van der Waals surface area contributed by atoms with Gasteiger partial charge in [-0.1, -0.05) is 41.9 Å². The number of carbonyl (C=O) groups excluding carboxylic acids is 2. The molecule has 1 unspecified atom stereocenters. The molecule has 1 atom stereocenters.